The van der Waals surface area contributed by atoms with Crippen LogP contribution in [0.5, 0.6) is 0 Å². The van der Waals surface area contributed by atoms with Crippen LogP contribution in [-0.2, 0) is 0 Å². The highest BCUT2D eigenvalue weighted by Crippen LogP contribution is 2.22. The predicted molar refractivity (Wildman–Crippen MR) is 54.9 cm³/mol. The summed E-state index contributed by atoms with van der Waals surface area (Å²) in [5, 5.41) is 12.0. The lowest BCUT2D eigenvalue weighted by atomic mass is 10.3. The van der Waals surface area contributed by atoms with Gasteiger partial charge in [0, 0.05) is 0 Å². The van der Waals surface area contributed by atoms with Gasteiger partial charge in [-0.05, 0) is 20.3 Å². The van der Waals surface area contributed by atoms with Gasteiger partial charge < -0.3 is 4.52 Å². The van der Waals surface area contributed by atoms with E-state index in [1.165, 1.54) is 12.8 Å². The van der Waals surface area contributed by atoms with E-state index in [9.17, 15) is 0 Å². The van der Waals surface area contributed by atoms with Crippen molar-refractivity contribution in [2.75, 3.05) is 6.54 Å². The van der Waals surface area contributed by atoms with Gasteiger partial charge in [0.05, 0.1) is 6.54 Å². The maximum absolute atomic E-state index is 4.97. The van der Waals surface area contributed by atoms with Gasteiger partial charge in [-0.1, -0.05) is 24.9 Å². The van der Waals surface area contributed by atoms with E-state index in [2.05, 4.69) is 22.3 Å². The van der Waals surface area contributed by atoms with Crippen LogP contribution in [0.1, 0.15) is 37.6 Å². The Balaban J connectivity index is 2.43. The van der Waals surface area contributed by atoms with Crippen LogP contribution in [0, 0.1) is 13.8 Å². The average molecular weight is 195 g/mol. The van der Waals surface area contributed by atoms with Crippen molar-refractivity contribution in [2.24, 2.45) is 10.2 Å². The molecule has 0 saturated heterocycles. The molecule has 0 aliphatic carbocycles. The average Bonchev–Trinajstić information content (AvgIpc) is 2.48. The van der Waals surface area contributed by atoms with E-state index in [1.54, 1.807) is 0 Å². The summed E-state index contributed by atoms with van der Waals surface area (Å²) >= 11 is 0. The summed E-state index contributed by atoms with van der Waals surface area (Å²) in [4.78, 5) is 0. The van der Waals surface area contributed by atoms with E-state index >= 15 is 0 Å². The number of nitrogens with zero attached hydrogens (tertiary/aromatic N) is 3. The first-order chi connectivity index (χ1) is 6.75. The quantitative estimate of drug-likeness (QED) is 0.532. The smallest absolute Gasteiger partial charge is 0.161 e. The molecule has 1 heterocycles. The normalized spacial score (nSPS) is 11.4. The van der Waals surface area contributed by atoms with E-state index in [4.69, 9.17) is 4.52 Å². The molecule has 4 nitrogen and oxygen atoms in total. The molecule has 0 atom stereocenters. The minimum atomic E-state index is 0.738. The van der Waals surface area contributed by atoms with Crippen molar-refractivity contribution in [3.63, 3.8) is 0 Å². The highest BCUT2D eigenvalue weighted by Gasteiger charge is 2.06. The summed E-state index contributed by atoms with van der Waals surface area (Å²) in [5.41, 5.74) is 1.59. The van der Waals surface area contributed by atoms with Crippen molar-refractivity contribution in [2.45, 2.75) is 40.0 Å². The number of rotatable bonds is 5. The Hall–Kier alpha value is -1.19. The molecular weight excluding hydrogens is 178 g/mol. The number of hydrogen-bond acceptors (Lipinski definition) is 4. The summed E-state index contributed by atoms with van der Waals surface area (Å²) in [6, 6.07) is 0. The van der Waals surface area contributed by atoms with Gasteiger partial charge in [0.1, 0.15) is 5.69 Å². The molecule has 0 unspecified atom stereocenters. The highest BCUT2D eigenvalue weighted by atomic mass is 16.5. The molecule has 1 aromatic rings. The van der Waals surface area contributed by atoms with Gasteiger partial charge in [0.2, 0.25) is 0 Å². The third-order valence-corrected chi connectivity index (χ3v) is 2.03. The third-order valence-electron chi connectivity index (χ3n) is 2.03. The van der Waals surface area contributed by atoms with Crippen LogP contribution < -0.4 is 0 Å². The molecule has 78 valence electrons. The van der Waals surface area contributed by atoms with Gasteiger partial charge in [0.15, 0.2) is 11.4 Å². The number of unbranched alkanes of at least 4 members (excludes halogenated alkanes) is 2. The molecule has 0 radical (unpaired) electrons. The zero-order valence-corrected chi connectivity index (χ0v) is 9.08. The Morgan fingerprint density at radius 1 is 1.29 bits per heavy atom. The molecule has 0 aliphatic rings. The molecule has 14 heavy (non-hydrogen) atoms. The Morgan fingerprint density at radius 3 is 2.64 bits per heavy atom. The molecule has 0 bridgehead atoms. The van der Waals surface area contributed by atoms with Crippen molar-refractivity contribution < 1.29 is 4.52 Å². The largest absolute Gasteiger partial charge is 0.359 e. The predicted octanol–water partition coefficient (Wildman–Crippen LogP) is 3.57. The lowest BCUT2D eigenvalue weighted by Gasteiger charge is -1.91. The Bertz CT molecular complexity index is 285. The van der Waals surface area contributed by atoms with Crippen LogP contribution in [0.2, 0.25) is 0 Å². The van der Waals surface area contributed by atoms with Gasteiger partial charge in [0.25, 0.3) is 0 Å². The Morgan fingerprint density at radius 2 is 2.07 bits per heavy atom. The molecule has 0 aromatic carbocycles. The summed E-state index contributed by atoms with van der Waals surface area (Å²) in [6.07, 6.45) is 3.52. The summed E-state index contributed by atoms with van der Waals surface area (Å²) in [6.45, 7) is 6.68. The minimum Gasteiger partial charge on any atom is -0.359 e. The van der Waals surface area contributed by atoms with Gasteiger partial charge in [-0.25, -0.2) is 0 Å². The van der Waals surface area contributed by atoms with Crippen LogP contribution in [0.15, 0.2) is 14.8 Å². The van der Waals surface area contributed by atoms with E-state index in [-0.39, 0.29) is 0 Å². The summed E-state index contributed by atoms with van der Waals surface area (Å²) in [7, 11) is 0. The molecule has 4 heteroatoms. The molecule has 1 aromatic heterocycles. The molecule has 0 fully saturated rings. The van der Waals surface area contributed by atoms with Crippen LogP contribution in [-0.4, -0.2) is 11.7 Å². The van der Waals surface area contributed by atoms with E-state index < -0.39 is 0 Å². The fourth-order valence-electron chi connectivity index (χ4n) is 1.17. The van der Waals surface area contributed by atoms with Crippen LogP contribution in [0.3, 0.4) is 0 Å². The van der Waals surface area contributed by atoms with Gasteiger partial charge >= 0.3 is 0 Å². The standard InChI is InChI=1S/C10H17N3O/c1-4-5-6-7-11-12-10-8(2)13-14-9(10)3/h4-7H2,1-3H3. The van der Waals surface area contributed by atoms with Crippen molar-refractivity contribution in [3.05, 3.63) is 11.5 Å². The molecule has 0 spiro atoms. The van der Waals surface area contributed by atoms with Gasteiger partial charge in [-0.2, -0.15) is 10.2 Å². The van der Waals surface area contributed by atoms with E-state index in [1.807, 2.05) is 13.8 Å². The maximum atomic E-state index is 4.97. The molecular formula is C10H17N3O. The van der Waals surface area contributed by atoms with Crippen LogP contribution >= 0.6 is 0 Å². The van der Waals surface area contributed by atoms with Crippen LogP contribution in [0.4, 0.5) is 5.69 Å². The second-order valence-corrected chi connectivity index (χ2v) is 3.34. The molecule has 0 saturated carbocycles. The lowest BCUT2D eigenvalue weighted by molar-refractivity contribution is 0.393. The third kappa shape index (κ3) is 2.94. The molecule has 0 amide bonds. The zero-order chi connectivity index (χ0) is 10.4. The van der Waals surface area contributed by atoms with E-state index in [0.29, 0.717) is 0 Å². The first kappa shape index (κ1) is 10.9. The van der Waals surface area contributed by atoms with Crippen molar-refractivity contribution in [1.82, 2.24) is 5.16 Å². The monoisotopic (exact) mass is 195 g/mol. The SMILES string of the molecule is CCCCCN=Nc1c(C)noc1C. The first-order valence-corrected chi connectivity index (χ1v) is 5.06. The number of aromatic nitrogens is 1. The highest BCUT2D eigenvalue weighted by molar-refractivity contribution is 5.42. The molecule has 0 aliphatic heterocycles. The lowest BCUT2D eigenvalue weighted by Crippen LogP contribution is -1.78. The van der Waals surface area contributed by atoms with Crippen molar-refractivity contribution >= 4 is 5.69 Å². The van der Waals surface area contributed by atoms with Crippen LogP contribution in [0.25, 0.3) is 0 Å². The second-order valence-electron chi connectivity index (χ2n) is 3.34. The first-order valence-electron chi connectivity index (χ1n) is 5.06. The van der Waals surface area contributed by atoms with Gasteiger partial charge in [-0.15, -0.1) is 0 Å². The fourth-order valence-corrected chi connectivity index (χ4v) is 1.17. The minimum absolute atomic E-state index is 0.738. The Labute approximate surface area is 84.4 Å². The summed E-state index contributed by atoms with van der Waals surface area (Å²) < 4.78 is 4.97. The second kappa shape index (κ2) is 5.52. The number of azo groups is 1. The van der Waals surface area contributed by atoms with Crippen molar-refractivity contribution in [1.29, 1.82) is 0 Å². The van der Waals surface area contributed by atoms with Crippen molar-refractivity contribution in [3.8, 4) is 0 Å². The van der Waals surface area contributed by atoms with E-state index in [0.717, 1.165) is 30.1 Å². The molecule has 0 N–H and O–H groups in total. The zero-order valence-electron chi connectivity index (χ0n) is 9.08. The fraction of sp³-hybridized carbons (Fsp3) is 0.700. The maximum Gasteiger partial charge on any atom is 0.161 e. The summed E-state index contributed by atoms with van der Waals surface area (Å²) in [5.74, 6) is 0.738. The molecule has 1 rings (SSSR count). The number of aryl methyl sites for hydroxylation is 2. The topological polar surface area (TPSA) is 50.8 Å². The Kier molecular flexibility index (Phi) is 4.29. The van der Waals surface area contributed by atoms with Gasteiger partial charge in [-0.3, -0.25) is 0 Å². The number of hydrogen-bond donors (Lipinski definition) is 0.